The minimum atomic E-state index is -0.535. The van der Waals surface area contributed by atoms with Gasteiger partial charge in [-0.15, -0.1) is 0 Å². The fourth-order valence-corrected chi connectivity index (χ4v) is 1.83. The van der Waals surface area contributed by atoms with E-state index in [2.05, 4.69) is 5.32 Å². The molecule has 0 aliphatic heterocycles. The molecule has 1 aromatic rings. The van der Waals surface area contributed by atoms with Crippen molar-refractivity contribution in [3.05, 3.63) is 29.3 Å². The van der Waals surface area contributed by atoms with Crippen LogP contribution < -0.4 is 5.32 Å². The number of aromatic hydroxyl groups is 1. The Balaban J connectivity index is 2.55. The Labute approximate surface area is 108 Å². The van der Waals surface area contributed by atoms with Crippen LogP contribution in [-0.4, -0.2) is 28.8 Å². The summed E-state index contributed by atoms with van der Waals surface area (Å²) in [6.45, 7) is 6.07. The zero-order valence-electron chi connectivity index (χ0n) is 11.1. The molecule has 1 unspecified atom stereocenters. The molecule has 4 heteroatoms. The van der Waals surface area contributed by atoms with Gasteiger partial charge >= 0.3 is 0 Å². The third kappa shape index (κ3) is 4.75. The average molecular weight is 251 g/mol. The van der Waals surface area contributed by atoms with Crippen LogP contribution in [0, 0.1) is 12.8 Å². The second-order valence-corrected chi connectivity index (χ2v) is 5.05. The number of aliphatic hydroxyl groups is 1. The van der Waals surface area contributed by atoms with E-state index in [1.807, 2.05) is 20.8 Å². The molecule has 0 aromatic heterocycles. The third-order valence-electron chi connectivity index (χ3n) is 2.57. The van der Waals surface area contributed by atoms with E-state index < -0.39 is 6.10 Å². The molecule has 0 heterocycles. The Morgan fingerprint density at radius 3 is 2.56 bits per heavy atom. The lowest BCUT2D eigenvalue weighted by atomic mass is 10.1. The van der Waals surface area contributed by atoms with Gasteiger partial charge in [0.2, 0.25) is 0 Å². The van der Waals surface area contributed by atoms with Crippen LogP contribution in [0.3, 0.4) is 0 Å². The summed E-state index contributed by atoms with van der Waals surface area (Å²) in [6, 6.07) is 4.70. The van der Waals surface area contributed by atoms with Crippen molar-refractivity contribution in [3.8, 4) is 5.75 Å². The molecule has 0 aliphatic rings. The molecule has 0 bridgehead atoms. The largest absolute Gasteiger partial charge is 0.508 e. The van der Waals surface area contributed by atoms with Crippen molar-refractivity contribution in [3.63, 3.8) is 0 Å². The van der Waals surface area contributed by atoms with Crippen LogP contribution >= 0.6 is 0 Å². The van der Waals surface area contributed by atoms with Crippen LogP contribution in [0.1, 0.15) is 36.2 Å². The number of rotatable bonds is 5. The van der Waals surface area contributed by atoms with E-state index >= 15 is 0 Å². The first kappa shape index (κ1) is 14.5. The molecule has 1 aromatic carbocycles. The van der Waals surface area contributed by atoms with E-state index in [1.165, 1.54) is 6.07 Å². The lowest BCUT2D eigenvalue weighted by molar-refractivity contribution is 0.0900. The van der Waals surface area contributed by atoms with Crippen molar-refractivity contribution in [2.75, 3.05) is 6.54 Å². The third-order valence-corrected chi connectivity index (χ3v) is 2.57. The van der Waals surface area contributed by atoms with Crippen LogP contribution in [0.4, 0.5) is 0 Å². The summed E-state index contributed by atoms with van der Waals surface area (Å²) in [5.41, 5.74) is 1.23. The molecule has 18 heavy (non-hydrogen) atoms. The second-order valence-electron chi connectivity index (χ2n) is 5.05. The fraction of sp³-hybridized carbons (Fsp3) is 0.500. The smallest absolute Gasteiger partial charge is 0.251 e. The number of carbonyl (C=O) groups excluding carboxylic acids is 1. The molecule has 1 rings (SSSR count). The van der Waals surface area contributed by atoms with Gasteiger partial charge in [0.1, 0.15) is 5.75 Å². The summed E-state index contributed by atoms with van der Waals surface area (Å²) in [6.07, 6.45) is 0.117. The minimum Gasteiger partial charge on any atom is -0.508 e. The van der Waals surface area contributed by atoms with Crippen LogP contribution in [-0.2, 0) is 0 Å². The van der Waals surface area contributed by atoms with Crippen molar-refractivity contribution < 1.29 is 15.0 Å². The average Bonchev–Trinajstić information content (AvgIpc) is 2.23. The molecule has 3 N–H and O–H groups in total. The number of phenols is 1. The van der Waals surface area contributed by atoms with Gasteiger partial charge in [-0.1, -0.05) is 13.8 Å². The molecule has 0 saturated carbocycles. The predicted molar refractivity (Wildman–Crippen MR) is 70.6 cm³/mol. The highest BCUT2D eigenvalue weighted by Gasteiger charge is 2.11. The summed E-state index contributed by atoms with van der Waals surface area (Å²) >= 11 is 0. The lowest BCUT2D eigenvalue weighted by Crippen LogP contribution is -2.32. The summed E-state index contributed by atoms with van der Waals surface area (Å²) in [5, 5.41) is 21.7. The zero-order chi connectivity index (χ0) is 13.7. The van der Waals surface area contributed by atoms with E-state index in [-0.39, 0.29) is 18.2 Å². The SMILES string of the molecule is Cc1cc(O)cc(C(=O)NCC(O)CC(C)C)c1. The van der Waals surface area contributed by atoms with Crippen LogP contribution in [0.5, 0.6) is 5.75 Å². The van der Waals surface area contributed by atoms with Crippen molar-refractivity contribution in [2.24, 2.45) is 5.92 Å². The lowest BCUT2D eigenvalue weighted by Gasteiger charge is -2.14. The Kier molecular flexibility index (Phi) is 5.16. The molecule has 0 saturated heterocycles. The molecular weight excluding hydrogens is 230 g/mol. The van der Waals surface area contributed by atoms with Crippen molar-refractivity contribution in [2.45, 2.75) is 33.3 Å². The first-order valence-electron chi connectivity index (χ1n) is 6.15. The monoisotopic (exact) mass is 251 g/mol. The Bertz CT molecular complexity index is 395. The maximum atomic E-state index is 11.8. The maximum absolute atomic E-state index is 11.8. The summed E-state index contributed by atoms with van der Waals surface area (Å²) in [7, 11) is 0. The van der Waals surface area contributed by atoms with Gasteiger partial charge in [-0.05, 0) is 43.0 Å². The van der Waals surface area contributed by atoms with E-state index in [0.29, 0.717) is 17.9 Å². The number of aliphatic hydroxyl groups excluding tert-OH is 1. The number of amides is 1. The standard InChI is InChI=1S/C14H21NO3/c1-9(2)4-13(17)8-15-14(18)11-5-10(3)6-12(16)7-11/h5-7,9,13,16-17H,4,8H2,1-3H3,(H,15,18). The van der Waals surface area contributed by atoms with Gasteiger partial charge in [-0.3, -0.25) is 4.79 Å². The Hall–Kier alpha value is -1.55. The number of nitrogens with one attached hydrogen (secondary N) is 1. The highest BCUT2D eigenvalue weighted by Crippen LogP contribution is 2.14. The number of benzene rings is 1. The van der Waals surface area contributed by atoms with Crippen molar-refractivity contribution >= 4 is 5.91 Å². The number of carbonyl (C=O) groups is 1. The molecule has 0 aliphatic carbocycles. The van der Waals surface area contributed by atoms with Crippen LogP contribution in [0.2, 0.25) is 0 Å². The zero-order valence-corrected chi connectivity index (χ0v) is 11.1. The first-order valence-corrected chi connectivity index (χ1v) is 6.15. The van der Waals surface area contributed by atoms with E-state index in [4.69, 9.17) is 0 Å². The van der Waals surface area contributed by atoms with Gasteiger partial charge in [-0.2, -0.15) is 0 Å². The van der Waals surface area contributed by atoms with E-state index in [1.54, 1.807) is 12.1 Å². The molecule has 1 amide bonds. The predicted octanol–water partition coefficient (Wildman–Crippen LogP) is 1.84. The van der Waals surface area contributed by atoms with Crippen molar-refractivity contribution in [1.29, 1.82) is 0 Å². The highest BCUT2D eigenvalue weighted by molar-refractivity contribution is 5.94. The summed E-state index contributed by atoms with van der Waals surface area (Å²) in [5.74, 6) is 0.180. The quantitative estimate of drug-likeness (QED) is 0.748. The molecule has 1 atom stereocenters. The van der Waals surface area contributed by atoms with Crippen molar-refractivity contribution in [1.82, 2.24) is 5.32 Å². The molecular formula is C14H21NO3. The number of aryl methyl sites for hydroxylation is 1. The van der Waals surface area contributed by atoms with Crippen LogP contribution in [0.25, 0.3) is 0 Å². The van der Waals surface area contributed by atoms with Crippen LogP contribution in [0.15, 0.2) is 18.2 Å². The number of hydrogen-bond acceptors (Lipinski definition) is 3. The van der Waals surface area contributed by atoms with Gasteiger partial charge in [0.25, 0.3) is 5.91 Å². The second kappa shape index (κ2) is 6.40. The van der Waals surface area contributed by atoms with Gasteiger partial charge in [-0.25, -0.2) is 0 Å². The summed E-state index contributed by atoms with van der Waals surface area (Å²) < 4.78 is 0. The van der Waals surface area contributed by atoms with E-state index in [0.717, 1.165) is 5.56 Å². The van der Waals surface area contributed by atoms with Gasteiger partial charge in [0.15, 0.2) is 0 Å². The maximum Gasteiger partial charge on any atom is 0.251 e. The Morgan fingerprint density at radius 2 is 2.00 bits per heavy atom. The molecule has 0 spiro atoms. The summed E-state index contributed by atoms with van der Waals surface area (Å²) in [4.78, 5) is 11.8. The molecule has 4 nitrogen and oxygen atoms in total. The number of phenolic OH excluding ortho intramolecular Hbond substituents is 1. The van der Waals surface area contributed by atoms with E-state index in [9.17, 15) is 15.0 Å². The minimum absolute atomic E-state index is 0.0721. The first-order chi connectivity index (χ1) is 8.38. The normalized spacial score (nSPS) is 12.5. The highest BCUT2D eigenvalue weighted by atomic mass is 16.3. The molecule has 100 valence electrons. The number of hydrogen-bond donors (Lipinski definition) is 3. The van der Waals surface area contributed by atoms with Gasteiger partial charge < -0.3 is 15.5 Å². The topological polar surface area (TPSA) is 69.6 Å². The van der Waals surface area contributed by atoms with Gasteiger partial charge in [0, 0.05) is 12.1 Å². The molecule has 0 radical (unpaired) electrons. The fourth-order valence-electron chi connectivity index (χ4n) is 1.83. The molecule has 0 fully saturated rings. The Morgan fingerprint density at radius 1 is 1.33 bits per heavy atom. The van der Waals surface area contributed by atoms with Gasteiger partial charge in [0.05, 0.1) is 6.10 Å².